The fourth-order valence-corrected chi connectivity index (χ4v) is 3.87. The van der Waals surface area contributed by atoms with Crippen molar-refractivity contribution in [3.63, 3.8) is 0 Å². The summed E-state index contributed by atoms with van der Waals surface area (Å²) in [4.78, 5) is 6.99. The van der Waals surface area contributed by atoms with Crippen LogP contribution in [0.1, 0.15) is 50.6 Å². The van der Waals surface area contributed by atoms with Crippen LogP contribution in [0.3, 0.4) is 0 Å². The summed E-state index contributed by atoms with van der Waals surface area (Å²) in [5, 5.41) is 0. The summed E-state index contributed by atoms with van der Waals surface area (Å²) in [5.41, 5.74) is 5.43. The molecule has 1 spiro atoms. The lowest BCUT2D eigenvalue weighted by molar-refractivity contribution is 0.0635. The van der Waals surface area contributed by atoms with Crippen LogP contribution in [0.5, 0.6) is 0 Å². The first-order valence-electron chi connectivity index (χ1n) is 7.94. The van der Waals surface area contributed by atoms with Crippen molar-refractivity contribution in [2.75, 3.05) is 18.5 Å². The van der Waals surface area contributed by atoms with E-state index in [1.54, 1.807) is 0 Å². The topological polar surface area (TPSA) is 54.2 Å². The van der Waals surface area contributed by atoms with Crippen molar-refractivity contribution < 1.29 is 0 Å². The SMILES string of the molecule is NNc1ccnc(CN2CCC3(CCCCC3)CC2)c1. The van der Waals surface area contributed by atoms with Gasteiger partial charge in [0, 0.05) is 12.7 Å². The van der Waals surface area contributed by atoms with Gasteiger partial charge in [-0.3, -0.25) is 15.7 Å². The second kappa shape index (κ2) is 6.10. The Morgan fingerprint density at radius 3 is 2.60 bits per heavy atom. The number of rotatable bonds is 3. The minimum atomic E-state index is 0.683. The second-order valence-electron chi connectivity index (χ2n) is 6.52. The minimum absolute atomic E-state index is 0.683. The highest BCUT2D eigenvalue weighted by Gasteiger charge is 2.35. The number of nitrogen functional groups attached to an aromatic ring is 1. The molecular formula is C16H26N4. The van der Waals surface area contributed by atoms with Gasteiger partial charge in [-0.25, -0.2) is 0 Å². The monoisotopic (exact) mass is 274 g/mol. The van der Waals surface area contributed by atoms with E-state index >= 15 is 0 Å². The van der Waals surface area contributed by atoms with Crippen molar-refractivity contribution in [1.82, 2.24) is 9.88 Å². The minimum Gasteiger partial charge on any atom is -0.324 e. The van der Waals surface area contributed by atoms with E-state index in [0.717, 1.165) is 17.9 Å². The van der Waals surface area contributed by atoms with Crippen LogP contribution in [0.4, 0.5) is 5.69 Å². The molecule has 2 fully saturated rings. The lowest BCUT2D eigenvalue weighted by Crippen LogP contribution is -2.40. The Bertz CT molecular complexity index is 430. The molecule has 1 aromatic heterocycles. The lowest BCUT2D eigenvalue weighted by atomic mass is 9.68. The maximum atomic E-state index is 5.45. The van der Waals surface area contributed by atoms with Crippen LogP contribution in [0, 0.1) is 5.41 Å². The number of nitrogens with two attached hydrogens (primary N) is 1. The molecule has 1 aliphatic heterocycles. The van der Waals surface area contributed by atoms with Gasteiger partial charge in [0.15, 0.2) is 0 Å². The van der Waals surface area contributed by atoms with Crippen molar-refractivity contribution in [2.45, 2.75) is 51.5 Å². The smallest absolute Gasteiger partial charge is 0.0564 e. The zero-order valence-corrected chi connectivity index (χ0v) is 12.3. The zero-order chi connectivity index (χ0) is 13.8. The van der Waals surface area contributed by atoms with Gasteiger partial charge in [0.05, 0.1) is 11.4 Å². The fraction of sp³-hybridized carbons (Fsp3) is 0.688. The van der Waals surface area contributed by atoms with Crippen molar-refractivity contribution in [3.05, 3.63) is 24.0 Å². The van der Waals surface area contributed by atoms with Crippen molar-refractivity contribution in [1.29, 1.82) is 0 Å². The first-order valence-corrected chi connectivity index (χ1v) is 7.94. The quantitative estimate of drug-likeness (QED) is 0.657. The second-order valence-corrected chi connectivity index (χ2v) is 6.52. The summed E-state index contributed by atoms with van der Waals surface area (Å²) < 4.78 is 0. The van der Waals surface area contributed by atoms with Crippen molar-refractivity contribution >= 4 is 5.69 Å². The number of hydrogen-bond acceptors (Lipinski definition) is 4. The molecule has 0 bridgehead atoms. The molecule has 1 saturated carbocycles. The third kappa shape index (κ3) is 3.13. The molecule has 1 aromatic rings. The number of hydrogen-bond donors (Lipinski definition) is 2. The molecule has 0 atom stereocenters. The summed E-state index contributed by atoms with van der Waals surface area (Å²) in [6, 6.07) is 3.95. The Balaban J connectivity index is 1.55. The Morgan fingerprint density at radius 2 is 1.90 bits per heavy atom. The summed E-state index contributed by atoms with van der Waals surface area (Å²) in [7, 11) is 0. The molecule has 20 heavy (non-hydrogen) atoms. The molecule has 4 heteroatoms. The van der Waals surface area contributed by atoms with E-state index < -0.39 is 0 Å². The highest BCUT2D eigenvalue weighted by Crippen LogP contribution is 2.44. The van der Waals surface area contributed by atoms with Gasteiger partial charge in [0.2, 0.25) is 0 Å². The lowest BCUT2D eigenvalue weighted by Gasteiger charge is -2.44. The molecule has 1 aliphatic carbocycles. The van der Waals surface area contributed by atoms with Crippen molar-refractivity contribution in [3.8, 4) is 0 Å². The Kier molecular flexibility index (Phi) is 4.22. The average Bonchev–Trinajstić information content (AvgIpc) is 2.51. The van der Waals surface area contributed by atoms with Crippen molar-refractivity contribution in [2.24, 2.45) is 11.3 Å². The number of hydrazine groups is 1. The Morgan fingerprint density at radius 1 is 1.15 bits per heavy atom. The predicted molar refractivity (Wildman–Crippen MR) is 82.1 cm³/mol. The molecule has 2 aliphatic rings. The van der Waals surface area contributed by atoms with Gasteiger partial charge in [0.25, 0.3) is 0 Å². The molecule has 0 aromatic carbocycles. The van der Waals surface area contributed by atoms with Crippen LogP contribution in [0.2, 0.25) is 0 Å². The van der Waals surface area contributed by atoms with Crippen LogP contribution >= 0.6 is 0 Å². The van der Waals surface area contributed by atoms with Gasteiger partial charge < -0.3 is 5.43 Å². The Hall–Kier alpha value is -1.13. The summed E-state index contributed by atoms with van der Waals surface area (Å²) in [6.45, 7) is 3.40. The number of nitrogens with zero attached hydrogens (tertiary/aromatic N) is 2. The van der Waals surface area contributed by atoms with E-state index in [9.17, 15) is 0 Å². The van der Waals surface area contributed by atoms with E-state index in [2.05, 4.69) is 15.3 Å². The largest absolute Gasteiger partial charge is 0.324 e. The molecule has 2 heterocycles. The summed E-state index contributed by atoms with van der Waals surface area (Å²) in [6.07, 6.45) is 11.9. The summed E-state index contributed by atoms with van der Waals surface area (Å²) in [5.74, 6) is 5.45. The maximum Gasteiger partial charge on any atom is 0.0564 e. The van der Waals surface area contributed by atoms with Crippen LogP contribution in [0.25, 0.3) is 0 Å². The molecule has 0 unspecified atom stereocenters. The molecular weight excluding hydrogens is 248 g/mol. The molecule has 1 saturated heterocycles. The highest BCUT2D eigenvalue weighted by atomic mass is 15.2. The number of anilines is 1. The molecule has 110 valence electrons. The molecule has 3 rings (SSSR count). The van der Waals surface area contributed by atoms with E-state index in [4.69, 9.17) is 5.84 Å². The van der Waals surface area contributed by atoms with E-state index in [1.807, 2.05) is 18.3 Å². The molecule has 0 amide bonds. The van der Waals surface area contributed by atoms with Crippen LogP contribution < -0.4 is 11.3 Å². The fourth-order valence-electron chi connectivity index (χ4n) is 3.87. The predicted octanol–water partition coefficient (Wildman–Crippen LogP) is 2.91. The number of nitrogens with one attached hydrogen (secondary N) is 1. The maximum absolute atomic E-state index is 5.45. The van der Waals surface area contributed by atoms with E-state index in [0.29, 0.717) is 5.41 Å². The van der Waals surface area contributed by atoms with Crippen LogP contribution in [-0.4, -0.2) is 23.0 Å². The van der Waals surface area contributed by atoms with E-state index in [1.165, 1.54) is 58.0 Å². The molecule has 4 nitrogen and oxygen atoms in total. The first kappa shape index (κ1) is 13.8. The highest BCUT2D eigenvalue weighted by molar-refractivity contribution is 5.41. The first-order chi connectivity index (χ1) is 9.80. The number of aromatic nitrogens is 1. The van der Waals surface area contributed by atoms with Gasteiger partial charge in [-0.1, -0.05) is 19.3 Å². The number of likely N-dealkylation sites (tertiary alicyclic amines) is 1. The van der Waals surface area contributed by atoms with Crippen LogP contribution in [0.15, 0.2) is 18.3 Å². The third-order valence-corrected chi connectivity index (χ3v) is 5.20. The van der Waals surface area contributed by atoms with Gasteiger partial charge in [0.1, 0.15) is 0 Å². The third-order valence-electron chi connectivity index (χ3n) is 5.20. The summed E-state index contributed by atoms with van der Waals surface area (Å²) >= 11 is 0. The van der Waals surface area contributed by atoms with E-state index in [-0.39, 0.29) is 0 Å². The van der Waals surface area contributed by atoms with Gasteiger partial charge in [-0.2, -0.15) is 0 Å². The van der Waals surface area contributed by atoms with Crippen LogP contribution in [-0.2, 0) is 6.54 Å². The van der Waals surface area contributed by atoms with Gasteiger partial charge in [-0.15, -0.1) is 0 Å². The molecule has 0 radical (unpaired) electrons. The number of piperidine rings is 1. The Labute approximate surface area is 121 Å². The standard InChI is InChI=1S/C16H26N4/c17-19-14-4-9-18-15(12-14)13-20-10-7-16(8-11-20)5-2-1-3-6-16/h4,9,12H,1-3,5-8,10-11,13,17H2,(H,18,19). The normalized spacial score (nSPS) is 22.9. The average molecular weight is 274 g/mol. The zero-order valence-electron chi connectivity index (χ0n) is 12.3. The molecule has 3 N–H and O–H groups in total. The van der Waals surface area contributed by atoms with Gasteiger partial charge in [-0.05, 0) is 56.3 Å². The van der Waals surface area contributed by atoms with Gasteiger partial charge >= 0.3 is 0 Å². The number of pyridine rings is 1.